The average Bonchev–Trinajstić information content (AvgIpc) is 3.11. The number of fused-ring (bicyclic) bond motifs is 1. The summed E-state index contributed by atoms with van der Waals surface area (Å²) in [6, 6.07) is 10.5. The highest BCUT2D eigenvalue weighted by atomic mass is 35.5. The summed E-state index contributed by atoms with van der Waals surface area (Å²) in [6.45, 7) is 4.34. The number of hydrogen-bond donors (Lipinski definition) is 0. The summed E-state index contributed by atoms with van der Waals surface area (Å²) < 4.78 is 34.8. The van der Waals surface area contributed by atoms with Gasteiger partial charge in [0, 0.05) is 29.6 Å². The lowest BCUT2D eigenvalue weighted by atomic mass is 10.3. The van der Waals surface area contributed by atoms with Gasteiger partial charge in [-0.2, -0.15) is 4.31 Å². The van der Waals surface area contributed by atoms with Crippen molar-refractivity contribution in [2.24, 2.45) is 0 Å². The second-order valence-electron chi connectivity index (χ2n) is 6.80. The molecule has 1 aliphatic heterocycles. The van der Waals surface area contributed by atoms with Crippen molar-refractivity contribution >= 4 is 56.0 Å². The molecule has 0 saturated carbocycles. The first-order valence-electron chi connectivity index (χ1n) is 9.55. The number of ether oxygens (including phenoxy) is 1. The van der Waals surface area contributed by atoms with Crippen molar-refractivity contribution in [3.8, 4) is 0 Å². The van der Waals surface area contributed by atoms with Gasteiger partial charge >= 0.3 is 0 Å². The zero-order valence-electron chi connectivity index (χ0n) is 16.3. The molecule has 0 aliphatic carbocycles. The minimum atomic E-state index is -3.56. The smallest absolute Gasteiger partial charge is 0.243 e. The maximum atomic E-state index is 13.0. The van der Waals surface area contributed by atoms with E-state index in [9.17, 15) is 8.42 Å². The molecule has 0 amide bonds. The maximum Gasteiger partial charge on any atom is 0.243 e. The molecule has 1 fully saturated rings. The molecule has 30 heavy (non-hydrogen) atoms. The van der Waals surface area contributed by atoms with Gasteiger partial charge in [0.2, 0.25) is 10.0 Å². The fourth-order valence-electron chi connectivity index (χ4n) is 3.45. The Morgan fingerprint density at radius 1 is 1.13 bits per heavy atom. The highest BCUT2D eigenvalue weighted by Gasteiger charge is 2.27. The molecule has 1 aromatic heterocycles. The third-order valence-electron chi connectivity index (χ3n) is 4.97. The fraction of sp³-hybridized carbons (Fsp3) is 0.350. The fourth-order valence-corrected chi connectivity index (χ4v) is 6.32. The van der Waals surface area contributed by atoms with Gasteiger partial charge in [0.1, 0.15) is 5.82 Å². The van der Waals surface area contributed by atoms with Gasteiger partial charge in [0.15, 0.2) is 0 Å². The van der Waals surface area contributed by atoms with Crippen LogP contribution >= 0.6 is 35.0 Å². The molecule has 4 rings (SSSR count). The Labute approximate surface area is 190 Å². The van der Waals surface area contributed by atoms with E-state index in [1.165, 1.54) is 4.31 Å². The van der Waals surface area contributed by atoms with Crippen LogP contribution in [0.25, 0.3) is 11.0 Å². The van der Waals surface area contributed by atoms with Crippen LogP contribution in [0, 0.1) is 0 Å². The van der Waals surface area contributed by atoms with E-state index >= 15 is 0 Å². The van der Waals surface area contributed by atoms with Crippen molar-refractivity contribution in [2.45, 2.75) is 29.0 Å². The van der Waals surface area contributed by atoms with Gasteiger partial charge in [-0.25, -0.2) is 13.4 Å². The van der Waals surface area contributed by atoms with Crippen LogP contribution in [-0.4, -0.2) is 48.6 Å². The first-order chi connectivity index (χ1) is 14.4. The first kappa shape index (κ1) is 21.9. The van der Waals surface area contributed by atoms with E-state index in [0.29, 0.717) is 47.6 Å². The number of rotatable bonds is 6. The summed E-state index contributed by atoms with van der Waals surface area (Å²) in [7, 11) is -3.56. The quantitative estimate of drug-likeness (QED) is 0.474. The largest absolute Gasteiger partial charge is 0.379 e. The molecule has 0 atom stereocenters. The molecule has 160 valence electrons. The Balaban J connectivity index is 1.64. The summed E-state index contributed by atoms with van der Waals surface area (Å²) >= 11 is 13.9. The van der Waals surface area contributed by atoms with E-state index < -0.39 is 10.0 Å². The number of thioether (sulfide) groups is 1. The molecule has 2 heterocycles. The highest BCUT2D eigenvalue weighted by molar-refractivity contribution is 7.98. The Hall–Kier alpha value is -1.29. The summed E-state index contributed by atoms with van der Waals surface area (Å²) in [5, 5.41) is 1.27. The van der Waals surface area contributed by atoms with E-state index in [1.54, 1.807) is 36.0 Å². The number of aryl methyl sites for hydroxylation is 1. The van der Waals surface area contributed by atoms with Gasteiger partial charge < -0.3 is 9.30 Å². The molecule has 10 heteroatoms. The van der Waals surface area contributed by atoms with Crippen molar-refractivity contribution < 1.29 is 13.2 Å². The Morgan fingerprint density at radius 2 is 1.90 bits per heavy atom. The second kappa shape index (κ2) is 9.06. The number of imidazole rings is 1. The standard InChI is InChI=1S/C20H21Cl2N3O3S2/c1-2-25-18-6-4-15(30(26,27)24-7-9-28-10-8-24)12-17(18)23-20(25)13-29-19-11-14(21)3-5-16(19)22/h3-6,11-12H,2,7-10,13H2,1H3. The molecule has 0 unspecified atom stereocenters. The van der Waals surface area contributed by atoms with Gasteiger partial charge in [-0.15, -0.1) is 11.8 Å². The summed E-state index contributed by atoms with van der Waals surface area (Å²) in [4.78, 5) is 5.87. The first-order valence-corrected chi connectivity index (χ1v) is 12.7. The van der Waals surface area contributed by atoms with E-state index in [2.05, 4.69) is 4.57 Å². The molecule has 0 radical (unpaired) electrons. The minimum absolute atomic E-state index is 0.259. The van der Waals surface area contributed by atoms with E-state index in [0.717, 1.165) is 22.8 Å². The second-order valence-corrected chi connectivity index (χ2v) is 10.6. The van der Waals surface area contributed by atoms with Gasteiger partial charge in [-0.05, 0) is 43.3 Å². The number of halogens is 2. The zero-order valence-corrected chi connectivity index (χ0v) is 19.5. The number of sulfonamides is 1. The van der Waals surface area contributed by atoms with E-state index in [1.807, 2.05) is 19.1 Å². The predicted octanol–water partition coefficient (Wildman–Crippen LogP) is 4.68. The van der Waals surface area contributed by atoms with Crippen molar-refractivity contribution in [2.75, 3.05) is 26.3 Å². The van der Waals surface area contributed by atoms with Crippen LogP contribution in [0.2, 0.25) is 10.0 Å². The molecule has 1 aliphatic rings. The number of hydrogen-bond acceptors (Lipinski definition) is 5. The summed E-state index contributed by atoms with van der Waals surface area (Å²) in [6.07, 6.45) is 0. The van der Waals surface area contributed by atoms with Crippen LogP contribution in [0.15, 0.2) is 46.2 Å². The summed E-state index contributed by atoms with van der Waals surface area (Å²) in [5.74, 6) is 1.45. The minimum Gasteiger partial charge on any atom is -0.379 e. The van der Waals surface area contributed by atoms with E-state index in [-0.39, 0.29) is 4.90 Å². The molecule has 3 aromatic rings. The van der Waals surface area contributed by atoms with Gasteiger partial charge in [-0.3, -0.25) is 0 Å². The third-order valence-corrected chi connectivity index (χ3v) is 8.60. The third kappa shape index (κ3) is 4.35. The molecular weight excluding hydrogens is 465 g/mol. The highest BCUT2D eigenvalue weighted by Crippen LogP contribution is 2.33. The van der Waals surface area contributed by atoms with Gasteiger partial charge in [0.05, 0.1) is 39.9 Å². The Bertz CT molecular complexity index is 1180. The number of nitrogens with zero attached hydrogens (tertiary/aromatic N) is 3. The topological polar surface area (TPSA) is 64.4 Å². The molecule has 0 bridgehead atoms. The number of benzene rings is 2. The normalized spacial score (nSPS) is 15.7. The average molecular weight is 486 g/mol. The van der Waals surface area contributed by atoms with Crippen LogP contribution in [0.3, 0.4) is 0 Å². The van der Waals surface area contributed by atoms with Gasteiger partial charge in [0.25, 0.3) is 0 Å². The monoisotopic (exact) mass is 485 g/mol. The maximum absolute atomic E-state index is 13.0. The van der Waals surface area contributed by atoms with Crippen LogP contribution in [-0.2, 0) is 27.1 Å². The van der Waals surface area contributed by atoms with Crippen LogP contribution in [0.5, 0.6) is 0 Å². The molecule has 0 spiro atoms. The number of morpholine rings is 1. The molecule has 1 saturated heterocycles. The zero-order chi connectivity index (χ0) is 21.3. The van der Waals surface area contributed by atoms with E-state index in [4.69, 9.17) is 32.9 Å². The Morgan fingerprint density at radius 3 is 2.63 bits per heavy atom. The van der Waals surface area contributed by atoms with Crippen LogP contribution in [0.4, 0.5) is 0 Å². The molecule has 2 aromatic carbocycles. The lowest BCUT2D eigenvalue weighted by Gasteiger charge is -2.26. The van der Waals surface area contributed by atoms with Crippen LogP contribution < -0.4 is 0 Å². The molecular formula is C20H21Cl2N3O3S2. The summed E-state index contributed by atoms with van der Waals surface area (Å²) in [5.41, 5.74) is 1.57. The lowest BCUT2D eigenvalue weighted by Crippen LogP contribution is -2.40. The van der Waals surface area contributed by atoms with Gasteiger partial charge in [-0.1, -0.05) is 23.2 Å². The molecule has 6 nitrogen and oxygen atoms in total. The predicted molar refractivity (Wildman–Crippen MR) is 121 cm³/mol. The van der Waals surface area contributed by atoms with Crippen LogP contribution in [0.1, 0.15) is 12.7 Å². The number of aromatic nitrogens is 2. The van der Waals surface area contributed by atoms with Crippen molar-refractivity contribution in [1.29, 1.82) is 0 Å². The van der Waals surface area contributed by atoms with Crippen molar-refractivity contribution in [3.63, 3.8) is 0 Å². The molecule has 0 N–H and O–H groups in total. The lowest BCUT2D eigenvalue weighted by molar-refractivity contribution is 0.0730. The van der Waals surface area contributed by atoms with Crippen molar-refractivity contribution in [3.05, 3.63) is 52.3 Å². The Kier molecular flexibility index (Phi) is 6.62. The SMILES string of the molecule is CCn1c(CSc2cc(Cl)ccc2Cl)nc2cc(S(=O)(=O)N3CCOCC3)ccc21. The van der Waals surface area contributed by atoms with Crippen molar-refractivity contribution in [1.82, 2.24) is 13.9 Å².